The van der Waals surface area contributed by atoms with Crippen LogP contribution in [0.3, 0.4) is 0 Å². The second-order valence-corrected chi connectivity index (χ2v) is 3.96. The van der Waals surface area contributed by atoms with E-state index in [0.29, 0.717) is 19.3 Å². The maximum Gasteiger partial charge on any atom is 0.414 e. The third kappa shape index (κ3) is 2.15. The summed E-state index contributed by atoms with van der Waals surface area (Å²) in [4.78, 5) is 36.2. The van der Waals surface area contributed by atoms with Gasteiger partial charge in [-0.15, -0.1) is 0 Å². The molecule has 0 N–H and O–H groups in total. The number of rotatable bonds is 2. The van der Waals surface area contributed by atoms with Crippen molar-refractivity contribution in [3.05, 3.63) is 12.8 Å². The van der Waals surface area contributed by atoms with Gasteiger partial charge in [-0.25, -0.2) is 14.4 Å². The zero-order chi connectivity index (χ0) is 13.1. The van der Waals surface area contributed by atoms with Crippen LogP contribution in [0.15, 0.2) is 12.8 Å². The number of amides is 1. The summed E-state index contributed by atoms with van der Waals surface area (Å²) in [6.45, 7) is 2.86. The molecule has 98 valence electrons. The summed E-state index contributed by atoms with van der Waals surface area (Å²) in [5.74, 6) is -1.18. The molecule has 2 atom stereocenters. The van der Waals surface area contributed by atoms with Crippen molar-refractivity contribution in [1.29, 1.82) is 0 Å². The number of hydrogen-bond donors (Lipinski definition) is 0. The third-order valence-electron chi connectivity index (χ3n) is 2.96. The van der Waals surface area contributed by atoms with Gasteiger partial charge in [0.15, 0.2) is 0 Å². The second-order valence-electron chi connectivity index (χ2n) is 3.96. The first kappa shape index (κ1) is 12.4. The van der Waals surface area contributed by atoms with E-state index in [-0.39, 0.29) is 0 Å². The number of carbonyl (C=O) groups is 3. The van der Waals surface area contributed by atoms with Crippen molar-refractivity contribution in [2.75, 3.05) is 6.79 Å². The Hall–Kier alpha value is -2.05. The highest BCUT2D eigenvalue weighted by Crippen LogP contribution is 2.27. The molecule has 0 radical (unpaired) electrons. The van der Waals surface area contributed by atoms with E-state index < -0.39 is 36.9 Å². The summed E-state index contributed by atoms with van der Waals surface area (Å²) >= 11 is 0. The number of fused-ring (bicyclic) bond motifs is 1. The largest absolute Gasteiger partial charge is 0.434 e. The molecule has 2 unspecified atom stereocenters. The molecule has 2 saturated heterocycles. The van der Waals surface area contributed by atoms with E-state index in [2.05, 4.69) is 11.3 Å². The van der Waals surface area contributed by atoms with Gasteiger partial charge in [0.25, 0.3) is 0 Å². The van der Waals surface area contributed by atoms with Crippen LogP contribution in [0.25, 0.3) is 0 Å². The summed E-state index contributed by atoms with van der Waals surface area (Å²) in [5.41, 5.74) is 0. The molecule has 0 aromatic rings. The van der Waals surface area contributed by atoms with Crippen LogP contribution < -0.4 is 0 Å². The summed E-state index contributed by atoms with van der Waals surface area (Å²) in [6.07, 6.45) is 1.75. The number of esters is 2. The normalized spacial score (nSPS) is 27.4. The second kappa shape index (κ2) is 5.07. The van der Waals surface area contributed by atoms with Gasteiger partial charge in [-0.05, 0) is 19.3 Å². The lowest BCUT2D eigenvalue weighted by Gasteiger charge is -2.35. The van der Waals surface area contributed by atoms with E-state index in [1.165, 1.54) is 0 Å². The van der Waals surface area contributed by atoms with Gasteiger partial charge in [-0.1, -0.05) is 6.58 Å². The minimum absolute atomic E-state index is 0.422. The van der Waals surface area contributed by atoms with Gasteiger partial charge in [0.05, 0.1) is 6.26 Å². The highest BCUT2D eigenvalue weighted by molar-refractivity contribution is 5.88. The fourth-order valence-electron chi connectivity index (χ4n) is 2.19. The molecule has 0 saturated carbocycles. The first-order chi connectivity index (χ1) is 8.65. The minimum atomic E-state index is -0.833. The lowest BCUT2D eigenvalue weighted by atomic mass is 9.96. The van der Waals surface area contributed by atoms with E-state index in [1.54, 1.807) is 0 Å². The van der Waals surface area contributed by atoms with Gasteiger partial charge in [0, 0.05) is 0 Å². The predicted molar refractivity (Wildman–Crippen MR) is 57.0 cm³/mol. The number of nitrogens with zero attached hydrogens (tertiary/aromatic N) is 1. The third-order valence-corrected chi connectivity index (χ3v) is 2.96. The summed E-state index contributed by atoms with van der Waals surface area (Å²) in [7, 11) is 0. The number of hydrogen-bond acceptors (Lipinski definition) is 6. The molecule has 2 heterocycles. The number of cyclic esters (lactones) is 2. The molecule has 0 bridgehead atoms. The van der Waals surface area contributed by atoms with Crippen molar-refractivity contribution < 1.29 is 28.6 Å². The topological polar surface area (TPSA) is 82.1 Å². The molecule has 7 nitrogen and oxygen atoms in total. The van der Waals surface area contributed by atoms with Crippen molar-refractivity contribution in [1.82, 2.24) is 4.90 Å². The Kier molecular flexibility index (Phi) is 3.50. The smallest absolute Gasteiger partial charge is 0.414 e. The quantitative estimate of drug-likeness (QED) is 0.529. The first-order valence-corrected chi connectivity index (χ1v) is 5.58. The van der Waals surface area contributed by atoms with Crippen molar-refractivity contribution in [3.8, 4) is 0 Å². The highest BCUT2D eigenvalue weighted by Gasteiger charge is 2.45. The lowest BCUT2D eigenvalue weighted by molar-refractivity contribution is -0.155. The van der Waals surface area contributed by atoms with Crippen LogP contribution in [0.1, 0.15) is 19.3 Å². The summed E-state index contributed by atoms with van der Waals surface area (Å²) < 4.78 is 14.1. The van der Waals surface area contributed by atoms with Gasteiger partial charge < -0.3 is 14.2 Å². The fraction of sp³-hybridized carbons (Fsp3) is 0.545. The Labute approximate surface area is 103 Å². The number of ether oxygens (including phenoxy) is 3. The molecular weight excluding hydrogens is 242 g/mol. The van der Waals surface area contributed by atoms with Crippen molar-refractivity contribution >= 4 is 18.0 Å². The maximum absolute atomic E-state index is 11.8. The average molecular weight is 255 g/mol. The highest BCUT2D eigenvalue weighted by atomic mass is 16.7. The molecular formula is C11H13NO6. The molecule has 2 aliphatic rings. The van der Waals surface area contributed by atoms with Gasteiger partial charge in [-0.3, -0.25) is 4.90 Å². The molecule has 0 aromatic carbocycles. The predicted octanol–water partition coefficient (Wildman–Crippen LogP) is 0.547. The van der Waals surface area contributed by atoms with Crippen molar-refractivity contribution in [3.63, 3.8) is 0 Å². The SMILES string of the molecule is C=COC(=O)C1CCCC2C(=O)OCOC(=O)N12. The summed E-state index contributed by atoms with van der Waals surface area (Å²) in [5, 5.41) is 0. The number of piperidine rings is 1. The van der Waals surface area contributed by atoms with Gasteiger partial charge in [-0.2, -0.15) is 0 Å². The van der Waals surface area contributed by atoms with Crippen molar-refractivity contribution in [2.45, 2.75) is 31.3 Å². The molecule has 0 spiro atoms. The van der Waals surface area contributed by atoms with Gasteiger partial charge >= 0.3 is 18.0 Å². The fourth-order valence-corrected chi connectivity index (χ4v) is 2.19. The van der Waals surface area contributed by atoms with Crippen LogP contribution >= 0.6 is 0 Å². The molecule has 2 fully saturated rings. The Morgan fingerprint density at radius 3 is 2.89 bits per heavy atom. The average Bonchev–Trinajstić information content (AvgIpc) is 2.50. The van der Waals surface area contributed by atoms with Gasteiger partial charge in [0.2, 0.25) is 6.79 Å². The Balaban J connectivity index is 2.25. The van der Waals surface area contributed by atoms with Crippen LogP contribution in [-0.4, -0.2) is 41.8 Å². The van der Waals surface area contributed by atoms with E-state index in [9.17, 15) is 14.4 Å². The van der Waals surface area contributed by atoms with E-state index >= 15 is 0 Å². The van der Waals surface area contributed by atoms with Crippen LogP contribution in [0.5, 0.6) is 0 Å². The zero-order valence-electron chi connectivity index (χ0n) is 9.66. The molecule has 2 aliphatic heterocycles. The van der Waals surface area contributed by atoms with E-state index in [0.717, 1.165) is 11.2 Å². The van der Waals surface area contributed by atoms with Crippen LogP contribution in [0.2, 0.25) is 0 Å². The van der Waals surface area contributed by atoms with Crippen LogP contribution in [0, 0.1) is 0 Å². The molecule has 18 heavy (non-hydrogen) atoms. The summed E-state index contributed by atoms with van der Waals surface area (Å²) in [6, 6.07) is -1.61. The maximum atomic E-state index is 11.8. The van der Waals surface area contributed by atoms with E-state index in [1.807, 2.05) is 0 Å². The van der Waals surface area contributed by atoms with Crippen LogP contribution in [0.4, 0.5) is 4.79 Å². The molecule has 2 rings (SSSR count). The number of carbonyl (C=O) groups excluding carboxylic acids is 3. The Bertz CT molecular complexity index is 393. The van der Waals surface area contributed by atoms with Crippen molar-refractivity contribution in [2.24, 2.45) is 0 Å². The Morgan fingerprint density at radius 1 is 1.39 bits per heavy atom. The molecule has 0 aliphatic carbocycles. The molecule has 0 aromatic heterocycles. The lowest BCUT2D eigenvalue weighted by Crippen LogP contribution is -2.55. The molecule has 1 amide bonds. The van der Waals surface area contributed by atoms with Gasteiger partial charge in [0.1, 0.15) is 12.1 Å². The van der Waals surface area contributed by atoms with Crippen LogP contribution in [-0.2, 0) is 23.8 Å². The zero-order valence-corrected chi connectivity index (χ0v) is 9.66. The van der Waals surface area contributed by atoms with E-state index in [4.69, 9.17) is 9.47 Å². The first-order valence-electron chi connectivity index (χ1n) is 5.58. The Morgan fingerprint density at radius 2 is 2.17 bits per heavy atom. The minimum Gasteiger partial charge on any atom is -0.434 e. The molecule has 7 heteroatoms. The monoisotopic (exact) mass is 255 g/mol. The standard InChI is InChI=1S/C11H13NO6/c1-2-16-9(13)7-4-3-5-8-10(14)17-6-18-11(15)12(7)8/h2,7-8H,1,3-6H2.